The molecule has 1 aromatic rings. The molecule has 1 amide bonds. The van der Waals surface area contributed by atoms with Crippen LogP contribution in [-0.4, -0.2) is 25.5 Å². The van der Waals surface area contributed by atoms with Gasteiger partial charge in [-0.25, -0.2) is 0 Å². The Kier molecular flexibility index (Phi) is 4.51. The molecule has 0 aliphatic rings. The van der Waals surface area contributed by atoms with Crippen LogP contribution in [0.3, 0.4) is 0 Å². The molecule has 0 saturated carbocycles. The Morgan fingerprint density at radius 1 is 1.25 bits per heavy atom. The second kappa shape index (κ2) is 5.90. The number of hydrogen-bond acceptors (Lipinski definition) is 3. The SMILES string of the molecule is CCOC(=O)Cc1ccc(C(=O)NC)cc1. The molecule has 0 aromatic heterocycles. The van der Waals surface area contributed by atoms with Crippen molar-refractivity contribution in [2.45, 2.75) is 13.3 Å². The molecule has 0 spiro atoms. The Balaban J connectivity index is 2.64. The molecule has 0 aliphatic carbocycles. The van der Waals surface area contributed by atoms with Crippen LogP contribution in [0.2, 0.25) is 0 Å². The molecule has 0 aliphatic heterocycles. The summed E-state index contributed by atoms with van der Waals surface area (Å²) in [5, 5.41) is 2.53. The summed E-state index contributed by atoms with van der Waals surface area (Å²) >= 11 is 0. The molecule has 0 atom stereocenters. The van der Waals surface area contributed by atoms with E-state index in [2.05, 4.69) is 5.32 Å². The zero-order chi connectivity index (χ0) is 12.0. The van der Waals surface area contributed by atoms with Gasteiger partial charge in [-0.15, -0.1) is 0 Å². The van der Waals surface area contributed by atoms with Crippen LogP contribution < -0.4 is 5.32 Å². The van der Waals surface area contributed by atoms with Gasteiger partial charge in [-0.2, -0.15) is 0 Å². The van der Waals surface area contributed by atoms with E-state index >= 15 is 0 Å². The summed E-state index contributed by atoms with van der Waals surface area (Å²) < 4.78 is 4.83. The molecule has 0 bridgehead atoms. The molecule has 0 radical (unpaired) electrons. The predicted molar refractivity (Wildman–Crippen MR) is 60.2 cm³/mol. The van der Waals surface area contributed by atoms with Crippen LogP contribution in [0.1, 0.15) is 22.8 Å². The maximum absolute atomic E-state index is 11.2. The Hall–Kier alpha value is -1.84. The maximum atomic E-state index is 11.2. The molecular weight excluding hydrogens is 206 g/mol. The van der Waals surface area contributed by atoms with Gasteiger partial charge in [-0.05, 0) is 24.6 Å². The first-order chi connectivity index (χ1) is 7.67. The highest BCUT2D eigenvalue weighted by molar-refractivity contribution is 5.94. The molecular formula is C12H15NO3. The summed E-state index contributed by atoms with van der Waals surface area (Å²) in [6.45, 7) is 2.15. The van der Waals surface area contributed by atoms with Crippen molar-refractivity contribution in [3.05, 3.63) is 35.4 Å². The van der Waals surface area contributed by atoms with E-state index in [-0.39, 0.29) is 18.3 Å². The van der Waals surface area contributed by atoms with Crippen molar-refractivity contribution in [2.75, 3.05) is 13.7 Å². The monoisotopic (exact) mass is 221 g/mol. The molecule has 0 unspecified atom stereocenters. The van der Waals surface area contributed by atoms with Gasteiger partial charge in [0.15, 0.2) is 0 Å². The second-order valence-electron chi connectivity index (χ2n) is 3.26. The Morgan fingerprint density at radius 2 is 1.88 bits per heavy atom. The van der Waals surface area contributed by atoms with E-state index < -0.39 is 0 Å². The highest BCUT2D eigenvalue weighted by atomic mass is 16.5. The van der Waals surface area contributed by atoms with E-state index in [4.69, 9.17) is 4.74 Å². The summed E-state index contributed by atoms with van der Waals surface area (Å²) in [6.07, 6.45) is 0.238. The molecule has 0 fully saturated rings. The van der Waals surface area contributed by atoms with Crippen molar-refractivity contribution >= 4 is 11.9 Å². The average Bonchev–Trinajstić information content (AvgIpc) is 2.29. The van der Waals surface area contributed by atoms with Gasteiger partial charge >= 0.3 is 5.97 Å². The summed E-state index contributed by atoms with van der Waals surface area (Å²) in [5.41, 5.74) is 1.42. The third-order valence-corrected chi connectivity index (χ3v) is 2.10. The smallest absolute Gasteiger partial charge is 0.310 e. The van der Waals surface area contributed by atoms with Crippen LogP contribution in [0.15, 0.2) is 24.3 Å². The normalized spacial score (nSPS) is 9.62. The lowest BCUT2D eigenvalue weighted by atomic mass is 10.1. The Morgan fingerprint density at radius 3 is 2.38 bits per heavy atom. The Bertz CT molecular complexity index is 370. The van der Waals surface area contributed by atoms with E-state index in [1.165, 1.54) is 0 Å². The minimum absolute atomic E-state index is 0.136. The number of carbonyl (C=O) groups is 2. The van der Waals surface area contributed by atoms with Gasteiger partial charge in [0.05, 0.1) is 13.0 Å². The summed E-state index contributed by atoms with van der Waals surface area (Å²) in [7, 11) is 1.58. The fourth-order valence-electron chi connectivity index (χ4n) is 1.30. The lowest BCUT2D eigenvalue weighted by Gasteiger charge is -2.03. The van der Waals surface area contributed by atoms with Gasteiger partial charge in [-0.3, -0.25) is 9.59 Å². The lowest BCUT2D eigenvalue weighted by molar-refractivity contribution is -0.142. The van der Waals surface area contributed by atoms with Crippen LogP contribution in [0, 0.1) is 0 Å². The fourth-order valence-corrected chi connectivity index (χ4v) is 1.30. The number of carbonyl (C=O) groups excluding carboxylic acids is 2. The van der Waals surface area contributed by atoms with Gasteiger partial charge in [0.25, 0.3) is 5.91 Å². The molecule has 1 N–H and O–H groups in total. The standard InChI is InChI=1S/C12H15NO3/c1-3-16-11(14)8-9-4-6-10(7-5-9)12(15)13-2/h4-7H,3,8H2,1-2H3,(H,13,15). The molecule has 0 saturated heterocycles. The summed E-state index contributed by atoms with van der Waals surface area (Å²) in [6, 6.07) is 6.88. The number of ether oxygens (including phenoxy) is 1. The van der Waals surface area contributed by atoms with Crippen LogP contribution in [0.4, 0.5) is 0 Å². The van der Waals surface area contributed by atoms with Crippen LogP contribution in [0.5, 0.6) is 0 Å². The van der Waals surface area contributed by atoms with Crippen molar-refractivity contribution in [2.24, 2.45) is 0 Å². The van der Waals surface area contributed by atoms with Gasteiger partial charge in [-0.1, -0.05) is 12.1 Å². The zero-order valence-corrected chi connectivity index (χ0v) is 9.45. The van der Waals surface area contributed by atoms with Gasteiger partial charge in [0, 0.05) is 12.6 Å². The number of rotatable bonds is 4. The number of benzene rings is 1. The average molecular weight is 221 g/mol. The first-order valence-electron chi connectivity index (χ1n) is 5.14. The van der Waals surface area contributed by atoms with Crippen LogP contribution in [0.25, 0.3) is 0 Å². The molecule has 1 rings (SSSR count). The van der Waals surface area contributed by atoms with E-state index in [1.54, 1.807) is 38.2 Å². The molecule has 4 nitrogen and oxygen atoms in total. The quantitative estimate of drug-likeness (QED) is 0.776. The van der Waals surface area contributed by atoms with Crippen LogP contribution >= 0.6 is 0 Å². The fraction of sp³-hybridized carbons (Fsp3) is 0.333. The molecule has 16 heavy (non-hydrogen) atoms. The van der Waals surface area contributed by atoms with E-state index in [0.717, 1.165) is 5.56 Å². The molecule has 0 heterocycles. The van der Waals surface area contributed by atoms with E-state index in [9.17, 15) is 9.59 Å². The number of hydrogen-bond donors (Lipinski definition) is 1. The van der Waals surface area contributed by atoms with Gasteiger partial charge in [0.1, 0.15) is 0 Å². The van der Waals surface area contributed by atoms with Crippen molar-refractivity contribution < 1.29 is 14.3 Å². The largest absolute Gasteiger partial charge is 0.466 e. The molecule has 4 heteroatoms. The first-order valence-corrected chi connectivity index (χ1v) is 5.14. The van der Waals surface area contributed by atoms with Crippen molar-refractivity contribution in [1.82, 2.24) is 5.32 Å². The highest BCUT2D eigenvalue weighted by Crippen LogP contribution is 2.05. The van der Waals surface area contributed by atoms with E-state index in [0.29, 0.717) is 12.2 Å². The van der Waals surface area contributed by atoms with Gasteiger partial charge < -0.3 is 10.1 Å². The summed E-state index contributed by atoms with van der Waals surface area (Å²) in [5.74, 6) is -0.391. The third-order valence-electron chi connectivity index (χ3n) is 2.10. The summed E-state index contributed by atoms with van der Waals surface area (Å²) in [4.78, 5) is 22.4. The lowest BCUT2D eigenvalue weighted by Crippen LogP contribution is -2.17. The Labute approximate surface area is 94.6 Å². The van der Waals surface area contributed by atoms with Crippen molar-refractivity contribution in [3.8, 4) is 0 Å². The second-order valence-corrected chi connectivity index (χ2v) is 3.26. The number of nitrogens with one attached hydrogen (secondary N) is 1. The predicted octanol–water partition coefficient (Wildman–Crippen LogP) is 1.15. The minimum Gasteiger partial charge on any atom is -0.466 e. The molecule has 1 aromatic carbocycles. The van der Waals surface area contributed by atoms with Crippen molar-refractivity contribution in [3.63, 3.8) is 0 Å². The molecule has 86 valence electrons. The topological polar surface area (TPSA) is 55.4 Å². The van der Waals surface area contributed by atoms with E-state index in [1.807, 2.05) is 0 Å². The third kappa shape index (κ3) is 3.38. The number of amides is 1. The van der Waals surface area contributed by atoms with Crippen LogP contribution in [-0.2, 0) is 16.0 Å². The maximum Gasteiger partial charge on any atom is 0.310 e. The zero-order valence-electron chi connectivity index (χ0n) is 9.45. The first kappa shape index (κ1) is 12.2. The van der Waals surface area contributed by atoms with Gasteiger partial charge in [0.2, 0.25) is 0 Å². The minimum atomic E-state index is -0.254. The number of esters is 1. The van der Waals surface area contributed by atoms with Crippen molar-refractivity contribution in [1.29, 1.82) is 0 Å². The highest BCUT2D eigenvalue weighted by Gasteiger charge is 2.05.